The number of rotatable bonds is 9. The molecule has 0 unspecified atom stereocenters. The minimum atomic E-state index is -0.707. The Hall–Kier alpha value is -4.44. The van der Waals surface area contributed by atoms with Gasteiger partial charge in [0, 0.05) is 17.1 Å². The lowest BCUT2D eigenvalue weighted by atomic mass is 9.95. The lowest BCUT2D eigenvalue weighted by molar-refractivity contribution is -0.114. The van der Waals surface area contributed by atoms with Crippen LogP contribution >= 0.6 is 11.8 Å². The van der Waals surface area contributed by atoms with Crippen molar-refractivity contribution >= 4 is 40.1 Å². The van der Waals surface area contributed by atoms with E-state index in [-0.39, 0.29) is 17.6 Å². The number of amides is 2. The maximum Gasteiger partial charge on any atom is 0.255 e. The topological polar surface area (TPSA) is 110 Å². The highest BCUT2D eigenvalue weighted by atomic mass is 32.2. The highest BCUT2D eigenvalue weighted by Crippen LogP contribution is 2.43. The van der Waals surface area contributed by atoms with Crippen molar-refractivity contribution < 1.29 is 23.8 Å². The summed E-state index contributed by atoms with van der Waals surface area (Å²) in [5.74, 6) is 0.972. The number of allylic oxidation sites excluding steroid dienone is 1. The van der Waals surface area contributed by atoms with Gasteiger partial charge in [-0.05, 0) is 61.4 Å². The number of aliphatic imine (C=N–C) groups is 1. The number of amidine groups is 1. The van der Waals surface area contributed by atoms with Crippen LogP contribution in [0.3, 0.4) is 0 Å². The zero-order valence-electron chi connectivity index (χ0n) is 23.0. The number of ether oxygens (including phenoxy) is 3. The second kappa shape index (κ2) is 13.1. The third kappa shape index (κ3) is 6.76. The van der Waals surface area contributed by atoms with Crippen LogP contribution in [0.25, 0.3) is 0 Å². The number of hydrogen-bond acceptors (Lipinski definition) is 8. The van der Waals surface area contributed by atoms with Gasteiger partial charge in [-0.2, -0.15) is 0 Å². The van der Waals surface area contributed by atoms with E-state index in [0.717, 1.165) is 11.3 Å². The minimum Gasteiger partial charge on any atom is -0.493 e. The van der Waals surface area contributed by atoms with Gasteiger partial charge in [0.25, 0.3) is 5.91 Å². The van der Waals surface area contributed by atoms with E-state index >= 15 is 0 Å². The van der Waals surface area contributed by atoms with Crippen LogP contribution in [-0.2, 0) is 9.59 Å². The lowest BCUT2D eigenvalue weighted by Crippen LogP contribution is -2.32. The molecule has 3 N–H and O–H groups in total. The number of aryl methyl sites for hydroxylation is 1. The van der Waals surface area contributed by atoms with E-state index in [4.69, 9.17) is 19.2 Å². The Kier molecular flexibility index (Phi) is 9.34. The molecule has 0 saturated carbocycles. The highest BCUT2D eigenvalue weighted by Gasteiger charge is 2.31. The second-order valence-electron chi connectivity index (χ2n) is 8.99. The smallest absolute Gasteiger partial charge is 0.255 e. The summed E-state index contributed by atoms with van der Waals surface area (Å²) in [5, 5.41) is 9.57. The summed E-state index contributed by atoms with van der Waals surface area (Å²) in [5.41, 5.74) is 4.15. The molecule has 3 aromatic carbocycles. The molecule has 0 fully saturated rings. The SMILES string of the molecule is COc1cc([C@H]2N=C(SCC(=O)Nc3cccc(C)c3)NC(C)=C2C(=O)Nc2ccccc2)cc(OC)c1OC. The fraction of sp³-hybridized carbons (Fsp3) is 0.233. The van der Waals surface area contributed by atoms with Crippen molar-refractivity contribution in [1.29, 1.82) is 0 Å². The summed E-state index contributed by atoms with van der Waals surface area (Å²) < 4.78 is 16.6. The molecule has 1 atom stereocenters. The normalized spacial score (nSPS) is 14.5. The fourth-order valence-electron chi connectivity index (χ4n) is 4.29. The highest BCUT2D eigenvalue weighted by molar-refractivity contribution is 8.14. The molecular formula is C30H32N4O5S. The molecule has 208 valence electrons. The molecule has 0 spiro atoms. The number of carbonyl (C=O) groups is 2. The Morgan fingerprint density at radius 2 is 1.55 bits per heavy atom. The monoisotopic (exact) mass is 560 g/mol. The predicted molar refractivity (Wildman–Crippen MR) is 159 cm³/mol. The molecule has 10 heteroatoms. The van der Waals surface area contributed by atoms with Crippen LogP contribution in [0.4, 0.5) is 11.4 Å². The molecule has 40 heavy (non-hydrogen) atoms. The largest absolute Gasteiger partial charge is 0.493 e. The van der Waals surface area contributed by atoms with Crippen molar-refractivity contribution in [2.75, 3.05) is 37.7 Å². The van der Waals surface area contributed by atoms with Gasteiger partial charge in [-0.1, -0.05) is 42.1 Å². The maximum atomic E-state index is 13.6. The molecule has 0 bridgehead atoms. The van der Waals surface area contributed by atoms with Crippen molar-refractivity contribution in [3.8, 4) is 17.2 Å². The van der Waals surface area contributed by atoms with E-state index in [1.807, 2.05) is 68.4 Å². The Morgan fingerprint density at radius 3 is 2.17 bits per heavy atom. The first-order valence-corrected chi connectivity index (χ1v) is 13.5. The summed E-state index contributed by atoms with van der Waals surface area (Å²) in [4.78, 5) is 31.1. The first-order chi connectivity index (χ1) is 19.3. The molecular weight excluding hydrogens is 528 g/mol. The standard InChI is InChI=1S/C30H32N4O5S/c1-18-10-9-13-22(14-18)32-25(35)17-40-30-31-19(2)26(29(36)33-21-11-7-6-8-12-21)27(34-30)20-15-23(37-3)28(39-5)24(16-20)38-4/h6-16,27H,17H2,1-5H3,(H,31,34)(H,32,35)(H,33,36)/t27-/m1/s1. The maximum absolute atomic E-state index is 13.6. The zero-order valence-corrected chi connectivity index (χ0v) is 23.8. The number of nitrogens with one attached hydrogen (secondary N) is 3. The third-order valence-corrected chi connectivity index (χ3v) is 7.03. The second-order valence-corrected chi connectivity index (χ2v) is 9.95. The molecule has 9 nitrogen and oxygen atoms in total. The molecule has 1 aliphatic rings. The molecule has 0 aliphatic carbocycles. The molecule has 0 radical (unpaired) electrons. The molecule has 3 aromatic rings. The number of anilines is 2. The number of carbonyl (C=O) groups excluding carboxylic acids is 2. The number of hydrogen-bond donors (Lipinski definition) is 3. The summed E-state index contributed by atoms with van der Waals surface area (Å²) in [7, 11) is 4.60. The molecule has 0 saturated heterocycles. The fourth-order valence-corrected chi connectivity index (χ4v) is 5.03. The Labute approximate surface area is 238 Å². The summed E-state index contributed by atoms with van der Waals surface area (Å²) >= 11 is 1.25. The minimum absolute atomic E-state index is 0.126. The predicted octanol–water partition coefficient (Wildman–Crippen LogP) is 5.31. The third-order valence-electron chi connectivity index (χ3n) is 6.14. The quantitative estimate of drug-likeness (QED) is 0.326. The first kappa shape index (κ1) is 28.6. The Balaban J connectivity index is 1.64. The number of para-hydroxylation sites is 1. The van der Waals surface area contributed by atoms with E-state index in [0.29, 0.717) is 44.9 Å². The van der Waals surface area contributed by atoms with Gasteiger partial charge in [-0.15, -0.1) is 0 Å². The Bertz CT molecular complexity index is 1430. The van der Waals surface area contributed by atoms with Gasteiger partial charge in [0.2, 0.25) is 11.7 Å². The summed E-state index contributed by atoms with van der Waals surface area (Å²) in [6.45, 7) is 3.78. The first-order valence-electron chi connectivity index (χ1n) is 12.5. The average molecular weight is 561 g/mol. The van der Waals surface area contributed by atoms with E-state index in [9.17, 15) is 9.59 Å². The van der Waals surface area contributed by atoms with Crippen LogP contribution in [0.1, 0.15) is 24.1 Å². The molecule has 1 aliphatic heterocycles. The molecule has 4 rings (SSSR count). The number of nitrogens with zero attached hydrogens (tertiary/aromatic N) is 1. The van der Waals surface area contributed by atoms with Crippen LogP contribution in [-0.4, -0.2) is 44.1 Å². The van der Waals surface area contributed by atoms with Gasteiger partial charge < -0.3 is 30.2 Å². The van der Waals surface area contributed by atoms with Gasteiger partial charge in [0.05, 0.1) is 32.7 Å². The van der Waals surface area contributed by atoms with Gasteiger partial charge in [-0.25, -0.2) is 4.99 Å². The van der Waals surface area contributed by atoms with Crippen molar-refractivity contribution in [2.24, 2.45) is 4.99 Å². The van der Waals surface area contributed by atoms with E-state index in [1.54, 1.807) is 12.1 Å². The van der Waals surface area contributed by atoms with Crippen LogP contribution in [0, 0.1) is 6.92 Å². The summed E-state index contributed by atoms with van der Waals surface area (Å²) in [6.07, 6.45) is 0. The van der Waals surface area contributed by atoms with Gasteiger partial charge >= 0.3 is 0 Å². The van der Waals surface area contributed by atoms with Gasteiger partial charge in [0.1, 0.15) is 6.04 Å². The van der Waals surface area contributed by atoms with Gasteiger partial charge in [-0.3, -0.25) is 9.59 Å². The van der Waals surface area contributed by atoms with E-state index in [2.05, 4.69) is 16.0 Å². The van der Waals surface area contributed by atoms with E-state index in [1.165, 1.54) is 33.1 Å². The lowest BCUT2D eigenvalue weighted by Gasteiger charge is -2.27. The van der Waals surface area contributed by atoms with Crippen LogP contribution in [0.15, 0.2) is 83.0 Å². The molecule has 2 amide bonds. The number of benzene rings is 3. The average Bonchev–Trinajstić information content (AvgIpc) is 2.95. The number of methoxy groups -OCH3 is 3. The van der Waals surface area contributed by atoms with Crippen molar-refractivity contribution in [3.05, 3.63) is 89.1 Å². The van der Waals surface area contributed by atoms with Crippen LogP contribution in [0.5, 0.6) is 17.2 Å². The number of thioether (sulfide) groups is 1. The Morgan fingerprint density at radius 1 is 0.875 bits per heavy atom. The summed E-state index contributed by atoms with van der Waals surface area (Å²) in [6, 6.07) is 19.7. The van der Waals surface area contributed by atoms with Gasteiger partial charge in [0.15, 0.2) is 16.7 Å². The van der Waals surface area contributed by atoms with E-state index < -0.39 is 6.04 Å². The van der Waals surface area contributed by atoms with Crippen molar-refractivity contribution in [2.45, 2.75) is 19.9 Å². The van der Waals surface area contributed by atoms with Crippen molar-refractivity contribution in [1.82, 2.24) is 5.32 Å². The van der Waals surface area contributed by atoms with Crippen LogP contribution < -0.4 is 30.2 Å². The molecule has 1 heterocycles. The van der Waals surface area contributed by atoms with Crippen LogP contribution in [0.2, 0.25) is 0 Å². The zero-order chi connectivity index (χ0) is 28.6. The van der Waals surface area contributed by atoms with Crippen molar-refractivity contribution in [3.63, 3.8) is 0 Å². The molecule has 0 aromatic heterocycles.